The molecule has 3 aromatic rings. The van der Waals surface area contributed by atoms with E-state index in [1.807, 2.05) is 24.3 Å². The number of fused-ring (bicyclic) bond motifs is 1. The van der Waals surface area contributed by atoms with E-state index in [4.69, 9.17) is 0 Å². The van der Waals surface area contributed by atoms with Crippen molar-refractivity contribution in [1.82, 2.24) is 19.2 Å². The minimum Gasteiger partial charge on any atom is -0.356 e. The highest BCUT2D eigenvalue weighted by atomic mass is 32.2. The quantitative estimate of drug-likeness (QED) is 0.540. The molecule has 0 bridgehead atoms. The molecule has 5 rings (SSSR count). The molecule has 0 radical (unpaired) electrons. The van der Waals surface area contributed by atoms with Gasteiger partial charge in [0.15, 0.2) is 0 Å². The highest BCUT2D eigenvalue weighted by Crippen LogP contribution is 2.29. The molecule has 8 heteroatoms. The van der Waals surface area contributed by atoms with E-state index in [9.17, 15) is 8.42 Å². The van der Waals surface area contributed by atoms with Crippen LogP contribution in [0.1, 0.15) is 24.8 Å². The number of anilines is 1. The summed E-state index contributed by atoms with van der Waals surface area (Å²) in [5, 5.41) is 0.815. The largest absolute Gasteiger partial charge is 0.356 e. The molecule has 2 saturated heterocycles. The van der Waals surface area contributed by atoms with Crippen molar-refractivity contribution in [3.63, 3.8) is 0 Å². The summed E-state index contributed by atoms with van der Waals surface area (Å²) in [5.74, 6) is 0.844. The number of piperazine rings is 1. The fourth-order valence-electron chi connectivity index (χ4n) is 4.74. The highest BCUT2D eigenvalue weighted by molar-refractivity contribution is 7.89. The lowest BCUT2D eigenvalue weighted by Crippen LogP contribution is -2.48. The third-order valence-electron chi connectivity index (χ3n) is 6.68. The van der Waals surface area contributed by atoms with Gasteiger partial charge in [-0.05, 0) is 43.0 Å². The zero-order valence-electron chi connectivity index (χ0n) is 19.4. The number of rotatable bonds is 6. The van der Waals surface area contributed by atoms with Gasteiger partial charge < -0.3 is 4.90 Å². The first-order valence-electron chi connectivity index (χ1n) is 12.0. The van der Waals surface area contributed by atoms with Crippen LogP contribution in [0.25, 0.3) is 17.0 Å². The van der Waals surface area contributed by atoms with Gasteiger partial charge in [-0.25, -0.2) is 18.4 Å². The maximum Gasteiger partial charge on any atom is 0.243 e. The van der Waals surface area contributed by atoms with Crippen molar-refractivity contribution in [1.29, 1.82) is 0 Å². The van der Waals surface area contributed by atoms with Crippen LogP contribution in [0.5, 0.6) is 0 Å². The Hall–Kier alpha value is -2.81. The van der Waals surface area contributed by atoms with Crippen molar-refractivity contribution in [2.45, 2.75) is 24.2 Å². The van der Waals surface area contributed by atoms with Gasteiger partial charge >= 0.3 is 0 Å². The van der Waals surface area contributed by atoms with Crippen LogP contribution in [0.3, 0.4) is 0 Å². The van der Waals surface area contributed by atoms with Crippen molar-refractivity contribution in [3.05, 3.63) is 66.5 Å². The molecule has 0 aliphatic carbocycles. The smallest absolute Gasteiger partial charge is 0.243 e. The molecule has 2 fully saturated rings. The molecule has 178 valence electrons. The molecule has 0 unspecified atom stereocenters. The lowest BCUT2D eigenvalue weighted by molar-refractivity contribution is 0.204. The van der Waals surface area contributed by atoms with Crippen LogP contribution < -0.4 is 4.90 Å². The SMILES string of the molecule is O=S(=O)(c1ccc2ncnc(N3CCCCC3)c2c1)N1CCN(CC=Cc2ccccc2)CC1. The molecule has 2 aromatic carbocycles. The monoisotopic (exact) mass is 477 g/mol. The number of hydrogen-bond donors (Lipinski definition) is 0. The molecule has 0 spiro atoms. The average molecular weight is 478 g/mol. The summed E-state index contributed by atoms with van der Waals surface area (Å²) < 4.78 is 28.5. The van der Waals surface area contributed by atoms with Gasteiger partial charge in [-0.2, -0.15) is 4.31 Å². The Balaban J connectivity index is 1.28. The first kappa shape index (κ1) is 23.0. The Morgan fingerprint density at radius 3 is 2.38 bits per heavy atom. The maximum absolute atomic E-state index is 13.5. The summed E-state index contributed by atoms with van der Waals surface area (Å²) in [7, 11) is -3.57. The zero-order chi connectivity index (χ0) is 23.4. The Morgan fingerprint density at radius 2 is 1.62 bits per heavy atom. The summed E-state index contributed by atoms with van der Waals surface area (Å²) in [6.07, 6.45) is 9.33. The van der Waals surface area contributed by atoms with Crippen LogP contribution in [-0.2, 0) is 10.0 Å². The van der Waals surface area contributed by atoms with E-state index in [2.05, 4.69) is 44.1 Å². The minimum absolute atomic E-state index is 0.325. The van der Waals surface area contributed by atoms with E-state index in [0.717, 1.165) is 49.2 Å². The van der Waals surface area contributed by atoms with E-state index in [-0.39, 0.29) is 0 Å². The standard InChI is InChI=1S/C26H31N5O2S/c32-34(33,31-18-16-29(17-19-31)13-7-10-22-8-3-1-4-9-22)23-11-12-25-24(20-23)26(28-21-27-25)30-14-5-2-6-15-30/h1,3-4,7-12,20-21H,2,5-6,13-19H2. The van der Waals surface area contributed by atoms with Crippen molar-refractivity contribution >= 4 is 32.8 Å². The molecular weight excluding hydrogens is 446 g/mol. The van der Waals surface area contributed by atoms with Crippen molar-refractivity contribution in [3.8, 4) is 0 Å². The van der Waals surface area contributed by atoms with Gasteiger partial charge in [-0.1, -0.05) is 42.5 Å². The second-order valence-electron chi connectivity index (χ2n) is 8.94. The lowest BCUT2D eigenvalue weighted by atomic mass is 10.1. The predicted molar refractivity (Wildman–Crippen MR) is 136 cm³/mol. The van der Waals surface area contributed by atoms with E-state index in [0.29, 0.717) is 31.1 Å². The van der Waals surface area contributed by atoms with Gasteiger partial charge in [0, 0.05) is 51.2 Å². The molecule has 0 saturated carbocycles. The first-order valence-corrected chi connectivity index (χ1v) is 13.5. The first-order chi connectivity index (χ1) is 16.6. The molecule has 0 amide bonds. The van der Waals surface area contributed by atoms with Gasteiger partial charge in [0.25, 0.3) is 0 Å². The fraction of sp³-hybridized carbons (Fsp3) is 0.385. The summed E-state index contributed by atoms with van der Waals surface area (Å²) in [6, 6.07) is 15.5. The Morgan fingerprint density at radius 1 is 0.853 bits per heavy atom. The number of benzene rings is 2. The summed E-state index contributed by atoms with van der Waals surface area (Å²) >= 11 is 0. The number of nitrogens with zero attached hydrogens (tertiary/aromatic N) is 5. The van der Waals surface area contributed by atoms with Gasteiger partial charge in [0.2, 0.25) is 10.0 Å². The van der Waals surface area contributed by atoms with Crippen LogP contribution in [0.2, 0.25) is 0 Å². The Bertz CT molecular complexity index is 1250. The maximum atomic E-state index is 13.5. The molecule has 7 nitrogen and oxygen atoms in total. The predicted octanol–water partition coefficient (Wildman–Crippen LogP) is 3.64. The second-order valence-corrected chi connectivity index (χ2v) is 10.9. The van der Waals surface area contributed by atoms with Gasteiger partial charge in [0.05, 0.1) is 10.4 Å². The lowest BCUT2D eigenvalue weighted by Gasteiger charge is -2.33. The van der Waals surface area contributed by atoms with Crippen molar-refractivity contribution in [2.75, 3.05) is 50.7 Å². The van der Waals surface area contributed by atoms with E-state index in [1.54, 1.807) is 22.8 Å². The molecule has 34 heavy (non-hydrogen) atoms. The third-order valence-corrected chi connectivity index (χ3v) is 8.58. The molecule has 0 atom stereocenters. The number of aromatic nitrogens is 2. The van der Waals surface area contributed by atoms with E-state index >= 15 is 0 Å². The summed E-state index contributed by atoms with van der Waals surface area (Å²) in [6.45, 7) is 5.12. The van der Waals surface area contributed by atoms with Crippen LogP contribution in [0, 0.1) is 0 Å². The average Bonchev–Trinajstić information content (AvgIpc) is 2.89. The highest BCUT2D eigenvalue weighted by Gasteiger charge is 2.29. The van der Waals surface area contributed by atoms with Gasteiger partial charge in [-0.3, -0.25) is 4.90 Å². The van der Waals surface area contributed by atoms with Gasteiger partial charge in [0.1, 0.15) is 12.1 Å². The topological polar surface area (TPSA) is 69.6 Å². The fourth-order valence-corrected chi connectivity index (χ4v) is 6.19. The molecular formula is C26H31N5O2S. The Labute approximate surface area is 201 Å². The third kappa shape index (κ3) is 4.99. The summed E-state index contributed by atoms with van der Waals surface area (Å²) in [4.78, 5) is 13.8. The van der Waals surface area contributed by atoms with E-state index < -0.39 is 10.0 Å². The van der Waals surface area contributed by atoms with E-state index in [1.165, 1.54) is 12.0 Å². The molecule has 2 aliphatic heterocycles. The van der Waals surface area contributed by atoms with Crippen LogP contribution in [0.4, 0.5) is 5.82 Å². The number of sulfonamides is 1. The second kappa shape index (κ2) is 10.2. The van der Waals surface area contributed by atoms with Gasteiger partial charge in [-0.15, -0.1) is 0 Å². The molecule has 1 aromatic heterocycles. The number of piperidine rings is 1. The van der Waals surface area contributed by atoms with Crippen LogP contribution in [0.15, 0.2) is 65.8 Å². The number of hydrogen-bond acceptors (Lipinski definition) is 6. The van der Waals surface area contributed by atoms with Crippen LogP contribution in [-0.4, -0.2) is 73.4 Å². The zero-order valence-corrected chi connectivity index (χ0v) is 20.2. The molecule has 3 heterocycles. The molecule has 0 N–H and O–H groups in total. The summed E-state index contributed by atoms with van der Waals surface area (Å²) in [5.41, 5.74) is 1.96. The normalized spacial score (nSPS) is 18.6. The van der Waals surface area contributed by atoms with Crippen LogP contribution >= 0.6 is 0 Å². The minimum atomic E-state index is -3.57. The molecule has 2 aliphatic rings. The van der Waals surface area contributed by atoms with Crippen molar-refractivity contribution in [2.24, 2.45) is 0 Å². The Kier molecular flexibility index (Phi) is 6.89. The van der Waals surface area contributed by atoms with Crippen molar-refractivity contribution < 1.29 is 8.42 Å².